The second kappa shape index (κ2) is 5.46. The SMILES string of the molecule is O=C(COC1CCCC1)c1ccccc1Cl. The van der Waals surface area contributed by atoms with Crippen LogP contribution in [0.5, 0.6) is 0 Å². The van der Waals surface area contributed by atoms with Crippen molar-refractivity contribution in [2.24, 2.45) is 0 Å². The first-order chi connectivity index (χ1) is 7.77. The number of hydrogen-bond donors (Lipinski definition) is 0. The van der Waals surface area contributed by atoms with Gasteiger partial charge < -0.3 is 4.74 Å². The topological polar surface area (TPSA) is 26.3 Å². The number of ketones is 1. The highest BCUT2D eigenvalue weighted by atomic mass is 35.5. The van der Waals surface area contributed by atoms with E-state index in [4.69, 9.17) is 16.3 Å². The monoisotopic (exact) mass is 238 g/mol. The lowest BCUT2D eigenvalue weighted by Gasteiger charge is -2.10. The van der Waals surface area contributed by atoms with Crippen LogP contribution in [0.3, 0.4) is 0 Å². The summed E-state index contributed by atoms with van der Waals surface area (Å²) in [6, 6.07) is 7.10. The average molecular weight is 239 g/mol. The van der Waals surface area contributed by atoms with Crippen molar-refractivity contribution in [3.8, 4) is 0 Å². The van der Waals surface area contributed by atoms with E-state index in [1.807, 2.05) is 12.1 Å². The molecule has 2 nitrogen and oxygen atoms in total. The van der Waals surface area contributed by atoms with E-state index >= 15 is 0 Å². The molecule has 1 saturated carbocycles. The number of carbonyl (C=O) groups is 1. The molecule has 0 amide bonds. The zero-order valence-corrected chi connectivity index (χ0v) is 9.87. The Hall–Kier alpha value is -0.860. The minimum absolute atomic E-state index is 0.0301. The van der Waals surface area contributed by atoms with Crippen LogP contribution in [-0.2, 0) is 4.74 Å². The molecule has 0 unspecified atom stereocenters. The highest BCUT2D eigenvalue weighted by Gasteiger charge is 2.17. The third kappa shape index (κ3) is 2.83. The van der Waals surface area contributed by atoms with Crippen molar-refractivity contribution >= 4 is 17.4 Å². The minimum Gasteiger partial charge on any atom is -0.370 e. The minimum atomic E-state index is -0.0301. The van der Waals surface area contributed by atoms with Crippen LogP contribution in [0.25, 0.3) is 0 Å². The zero-order valence-electron chi connectivity index (χ0n) is 9.12. The van der Waals surface area contributed by atoms with Crippen molar-refractivity contribution in [3.05, 3.63) is 34.9 Å². The molecule has 1 aliphatic carbocycles. The first-order valence-electron chi connectivity index (χ1n) is 5.66. The Morgan fingerprint density at radius 1 is 1.31 bits per heavy atom. The molecule has 1 fully saturated rings. The van der Waals surface area contributed by atoms with Gasteiger partial charge in [0.05, 0.1) is 11.1 Å². The molecule has 0 heterocycles. The van der Waals surface area contributed by atoms with Crippen LogP contribution < -0.4 is 0 Å². The second-order valence-electron chi connectivity index (χ2n) is 4.12. The molecule has 1 aliphatic rings. The average Bonchev–Trinajstić information content (AvgIpc) is 2.79. The highest BCUT2D eigenvalue weighted by molar-refractivity contribution is 6.34. The van der Waals surface area contributed by atoms with Gasteiger partial charge in [0.25, 0.3) is 0 Å². The summed E-state index contributed by atoms with van der Waals surface area (Å²) in [7, 11) is 0. The predicted octanol–water partition coefficient (Wildman–Crippen LogP) is 3.48. The van der Waals surface area contributed by atoms with E-state index in [2.05, 4.69) is 0 Å². The van der Waals surface area contributed by atoms with Gasteiger partial charge in [0.15, 0.2) is 5.78 Å². The molecule has 0 atom stereocenters. The van der Waals surface area contributed by atoms with Gasteiger partial charge in [-0.1, -0.05) is 36.6 Å². The quantitative estimate of drug-likeness (QED) is 0.751. The standard InChI is InChI=1S/C13H15ClO2/c14-12-8-4-3-7-11(12)13(15)9-16-10-5-1-2-6-10/h3-4,7-8,10H,1-2,5-6,9H2. The maximum atomic E-state index is 11.8. The summed E-state index contributed by atoms with van der Waals surface area (Å²) in [5, 5.41) is 0.502. The predicted molar refractivity (Wildman–Crippen MR) is 64.0 cm³/mol. The molecule has 0 saturated heterocycles. The summed E-state index contributed by atoms with van der Waals surface area (Å²) in [6.07, 6.45) is 4.85. The van der Waals surface area contributed by atoms with Crippen LogP contribution >= 0.6 is 11.6 Å². The van der Waals surface area contributed by atoms with Crippen molar-refractivity contribution in [2.45, 2.75) is 31.8 Å². The number of carbonyl (C=O) groups excluding carboxylic acids is 1. The van der Waals surface area contributed by atoms with E-state index in [1.165, 1.54) is 12.8 Å². The van der Waals surface area contributed by atoms with Crippen LogP contribution in [0.1, 0.15) is 36.0 Å². The van der Waals surface area contributed by atoms with Gasteiger partial charge in [-0.2, -0.15) is 0 Å². The normalized spacial score (nSPS) is 16.6. The highest BCUT2D eigenvalue weighted by Crippen LogP contribution is 2.22. The number of benzene rings is 1. The molecule has 0 aliphatic heterocycles. The van der Waals surface area contributed by atoms with Gasteiger partial charge in [0, 0.05) is 5.56 Å². The van der Waals surface area contributed by atoms with Crippen LogP contribution in [0, 0.1) is 0 Å². The lowest BCUT2D eigenvalue weighted by molar-refractivity contribution is 0.0482. The molecule has 3 heteroatoms. The maximum Gasteiger partial charge on any atom is 0.189 e. The molecule has 0 radical (unpaired) electrons. The third-order valence-electron chi connectivity index (χ3n) is 2.93. The summed E-state index contributed by atoms with van der Waals surface area (Å²) in [5.41, 5.74) is 0.558. The Bertz CT molecular complexity index is 370. The Balaban J connectivity index is 1.90. The Labute approximate surface area is 101 Å². The molecule has 86 valence electrons. The second-order valence-corrected chi connectivity index (χ2v) is 4.53. The van der Waals surface area contributed by atoms with Gasteiger partial charge in [-0.15, -0.1) is 0 Å². The van der Waals surface area contributed by atoms with E-state index in [0.717, 1.165) is 12.8 Å². The van der Waals surface area contributed by atoms with Crippen molar-refractivity contribution < 1.29 is 9.53 Å². The first-order valence-corrected chi connectivity index (χ1v) is 6.04. The Morgan fingerprint density at radius 2 is 2.00 bits per heavy atom. The number of rotatable bonds is 4. The Morgan fingerprint density at radius 3 is 2.69 bits per heavy atom. The van der Waals surface area contributed by atoms with Crippen LogP contribution in [0.15, 0.2) is 24.3 Å². The number of Topliss-reactive ketones (excluding diaryl/α,β-unsaturated/α-hetero) is 1. The largest absolute Gasteiger partial charge is 0.370 e. The number of halogens is 1. The van der Waals surface area contributed by atoms with Crippen molar-refractivity contribution in [1.82, 2.24) is 0 Å². The van der Waals surface area contributed by atoms with Crippen LogP contribution in [0.4, 0.5) is 0 Å². The molecular weight excluding hydrogens is 224 g/mol. The Kier molecular flexibility index (Phi) is 3.97. The van der Waals surface area contributed by atoms with Crippen LogP contribution in [-0.4, -0.2) is 18.5 Å². The van der Waals surface area contributed by atoms with E-state index in [9.17, 15) is 4.79 Å². The van der Waals surface area contributed by atoms with E-state index in [-0.39, 0.29) is 18.5 Å². The fourth-order valence-corrected chi connectivity index (χ4v) is 2.25. The van der Waals surface area contributed by atoms with Gasteiger partial charge in [0.1, 0.15) is 6.61 Å². The molecule has 0 bridgehead atoms. The molecule has 0 spiro atoms. The zero-order chi connectivity index (χ0) is 11.4. The number of ether oxygens (including phenoxy) is 1. The fraction of sp³-hybridized carbons (Fsp3) is 0.462. The molecular formula is C13H15ClO2. The summed E-state index contributed by atoms with van der Waals surface area (Å²) in [6.45, 7) is 0.147. The van der Waals surface area contributed by atoms with Gasteiger partial charge in [0.2, 0.25) is 0 Å². The summed E-state index contributed by atoms with van der Waals surface area (Å²) < 4.78 is 5.57. The maximum absolute atomic E-state index is 11.8. The van der Waals surface area contributed by atoms with Crippen LogP contribution in [0.2, 0.25) is 5.02 Å². The fourth-order valence-electron chi connectivity index (χ4n) is 2.01. The van der Waals surface area contributed by atoms with Gasteiger partial charge in [-0.05, 0) is 25.0 Å². The summed E-state index contributed by atoms with van der Waals surface area (Å²) in [5.74, 6) is -0.0301. The van der Waals surface area contributed by atoms with Crippen molar-refractivity contribution in [3.63, 3.8) is 0 Å². The van der Waals surface area contributed by atoms with E-state index < -0.39 is 0 Å². The summed E-state index contributed by atoms with van der Waals surface area (Å²) >= 11 is 5.94. The lowest BCUT2D eigenvalue weighted by atomic mass is 10.1. The number of hydrogen-bond acceptors (Lipinski definition) is 2. The van der Waals surface area contributed by atoms with Crippen molar-refractivity contribution in [2.75, 3.05) is 6.61 Å². The van der Waals surface area contributed by atoms with E-state index in [1.54, 1.807) is 12.1 Å². The lowest BCUT2D eigenvalue weighted by Crippen LogP contribution is -2.16. The van der Waals surface area contributed by atoms with Crippen molar-refractivity contribution in [1.29, 1.82) is 0 Å². The van der Waals surface area contributed by atoms with E-state index in [0.29, 0.717) is 10.6 Å². The molecule has 2 rings (SSSR count). The molecule has 0 aromatic heterocycles. The molecule has 1 aromatic rings. The smallest absolute Gasteiger partial charge is 0.189 e. The molecule has 0 N–H and O–H groups in total. The van der Waals surface area contributed by atoms with Gasteiger partial charge in [-0.3, -0.25) is 4.79 Å². The molecule has 16 heavy (non-hydrogen) atoms. The first kappa shape index (κ1) is 11.6. The van der Waals surface area contributed by atoms with Gasteiger partial charge >= 0.3 is 0 Å². The summed E-state index contributed by atoms with van der Waals surface area (Å²) in [4.78, 5) is 11.8. The van der Waals surface area contributed by atoms with Gasteiger partial charge in [-0.25, -0.2) is 0 Å². The molecule has 1 aromatic carbocycles. The third-order valence-corrected chi connectivity index (χ3v) is 3.26.